The maximum atomic E-state index is 12.4. The van der Waals surface area contributed by atoms with Gasteiger partial charge in [-0.2, -0.15) is 0 Å². The van der Waals surface area contributed by atoms with Gasteiger partial charge in [-0.05, 0) is 49.9 Å². The van der Waals surface area contributed by atoms with Gasteiger partial charge in [0.25, 0.3) is 10.0 Å². The van der Waals surface area contributed by atoms with Gasteiger partial charge in [0.1, 0.15) is 0 Å². The number of benzene rings is 2. The van der Waals surface area contributed by atoms with Crippen molar-refractivity contribution < 1.29 is 8.42 Å². The largest absolute Gasteiger partial charge is 0.369 e. The molecular formula is C19H25N3O2S. The van der Waals surface area contributed by atoms with Crippen LogP contribution in [0.25, 0.3) is 0 Å². The van der Waals surface area contributed by atoms with Crippen LogP contribution in [0.1, 0.15) is 12.5 Å². The highest BCUT2D eigenvalue weighted by Gasteiger charge is 2.17. The number of hydrogen-bond donors (Lipinski definition) is 1. The third-order valence-electron chi connectivity index (χ3n) is 4.64. The Balaban J connectivity index is 1.67. The predicted molar refractivity (Wildman–Crippen MR) is 103 cm³/mol. The van der Waals surface area contributed by atoms with Gasteiger partial charge in [-0.3, -0.25) is 4.72 Å². The SMILES string of the molecule is CCN1CCN(c2ccc(NS(=O)(=O)c3ccc(C)cc3)cc2)CC1. The van der Waals surface area contributed by atoms with Crippen molar-refractivity contribution in [3.05, 3.63) is 54.1 Å². The van der Waals surface area contributed by atoms with Gasteiger partial charge in [0.05, 0.1) is 4.90 Å². The van der Waals surface area contributed by atoms with Gasteiger partial charge >= 0.3 is 0 Å². The summed E-state index contributed by atoms with van der Waals surface area (Å²) in [4.78, 5) is 5.04. The zero-order valence-corrected chi connectivity index (χ0v) is 15.6. The smallest absolute Gasteiger partial charge is 0.261 e. The van der Waals surface area contributed by atoms with Crippen molar-refractivity contribution >= 4 is 21.4 Å². The van der Waals surface area contributed by atoms with E-state index in [1.807, 2.05) is 31.2 Å². The minimum absolute atomic E-state index is 0.276. The highest BCUT2D eigenvalue weighted by Crippen LogP contribution is 2.22. The first kappa shape index (κ1) is 17.8. The van der Waals surface area contributed by atoms with Gasteiger partial charge < -0.3 is 9.80 Å². The van der Waals surface area contributed by atoms with Crippen LogP contribution in [0.15, 0.2) is 53.4 Å². The molecule has 0 aliphatic carbocycles. The molecule has 0 radical (unpaired) electrons. The molecule has 1 heterocycles. The molecule has 2 aromatic carbocycles. The molecular weight excluding hydrogens is 334 g/mol. The molecule has 0 atom stereocenters. The van der Waals surface area contributed by atoms with Crippen molar-refractivity contribution in [3.8, 4) is 0 Å². The summed E-state index contributed by atoms with van der Waals surface area (Å²) in [5, 5.41) is 0. The molecule has 1 fully saturated rings. The minimum Gasteiger partial charge on any atom is -0.369 e. The van der Waals surface area contributed by atoms with E-state index in [1.54, 1.807) is 24.3 Å². The molecule has 25 heavy (non-hydrogen) atoms. The van der Waals surface area contributed by atoms with E-state index in [-0.39, 0.29) is 4.90 Å². The highest BCUT2D eigenvalue weighted by atomic mass is 32.2. The summed E-state index contributed by atoms with van der Waals surface area (Å²) in [7, 11) is -3.55. The Kier molecular flexibility index (Phi) is 5.30. The van der Waals surface area contributed by atoms with Crippen molar-refractivity contribution in [3.63, 3.8) is 0 Å². The van der Waals surface area contributed by atoms with Gasteiger partial charge in [-0.15, -0.1) is 0 Å². The van der Waals surface area contributed by atoms with Crippen LogP contribution in [-0.2, 0) is 10.0 Å². The van der Waals surface area contributed by atoms with E-state index in [9.17, 15) is 8.42 Å². The molecule has 0 amide bonds. The first-order chi connectivity index (χ1) is 12.0. The summed E-state index contributed by atoms with van der Waals surface area (Å²) in [5.41, 5.74) is 2.75. The van der Waals surface area contributed by atoms with Crippen LogP contribution in [0.3, 0.4) is 0 Å². The Morgan fingerprint density at radius 2 is 1.52 bits per heavy atom. The molecule has 0 aromatic heterocycles. The molecule has 2 aromatic rings. The number of sulfonamides is 1. The zero-order valence-electron chi connectivity index (χ0n) is 14.8. The Bertz CT molecular complexity index is 794. The zero-order chi connectivity index (χ0) is 17.9. The van der Waals surface area contributed by atoms with E-state index in [2.05, 4.69) is 21.4 Å². The molecule has 1 saturated heterocycles. The fraction of sp³-hybridized carbons (Fsp3) is 0.368. The molecule has 0 spiro atoms. The molecule has 1 aliphatic rings. The van der Waals surface area contributed by atoms with Crippen LogP contribution in [0.2, 0.25) is 0 Å². The summed E-state index contributed by atoms with van der Waals surface area (Å²) >= 11 is 0. The van der Waals surface area contributed by atoms with Gasteiger partial charge in [-0.25, -0.2) is 8.42 Å². The van der Waals surface area contributed by atoms with Crippen LogP contribution < -0.4 is 9.62 Å². The van der Waals surface area contributed by atoms with Crippen LogP contribution >= 0.6 is 0 Å². The van der Waals surface area contributed by atoms with E-state index >= 15 is 0 Å². The van der Waals surface area contributed by atoms with E-state index in [0.717, 1.165) is 44.0 Å². The van der Waals surface area contributed by atoms with E-state index in [0.29, 0.717) is 5.69 Å². The van der Waals surface area contributed by atoms with Crippen molar-refractivity contribution in [1.82, 2.24) is 4.90 Å². The normalized spacial score (nSPS) is 16.0. The molecule has 1 aliphatic heterocycles. The first-order valence-corrected chi connectivity index (χ1v) is 10.1. The van der Waals surface area contributed by atoms with Crippen LogP contribution in [-0.4, -0.2) is 46.0 Å². The second kappa shape index (κ2) is 7.45. The molecule has 0 unspecified atom stereocenters. The highest BCUT2D eigenvalue weighted by molar-refractivity contribution is 7.92. The quantitative estimate of drug-likeness (QED) is 0.892. The van der Waals surface area contributed by atoms with Gasteiger partial charge in [0.15, 0.2) is 0 Å². The van der Waals surface area contributed by atoms with Crippen LogP contribution in [0, 0.1) is 6.92 Å². The van der Waals surface area contributed by atoms with Crippen LogP contribution in [0.5, 0.6) is 0 Å². The van der Waals surface area contributed by atoms with Crippen molar-refractivity contribution in [2.75, 3.05) is 42.3 Å². The van der Waals surface area contributed by atoms with E-state index in [1.165, 1.54) is 0 Å². The number of likely N-dealkylation sites (N-methyl/N-ethyl adjacent to an activating group) is 1. The molecule has 1 N–H and O–H groups in total. The third kappa shape index (κ3) is 4.32. The summed E-state index contributed by atoms with van der Waals surface area (Å²) < 4.78 is 27.5. The van der Waals surface area contributed by atoms with Crippen molar-refractivity contribution in [1.29, 1.82) is 0 Å². The third-order valence-corrected chi connectivity index (χ3v) is 6.03. The first-order valence-electron chi connectivity index (χ1n) is 8.65. The molecule has 3 rings (SSSR count). The van der Waals surface area contributed by atoms with Crippen molar-refractivity contribution in [2.24, 2.45) is 0 Å². The molecule has 5 nitrogen and oxygen atoms in total. The van der Waals surface area contributed by atoms with Crippen molar-refractivity contribution in [2.45, 2.75) is 18.7 Å². The Labute approximate surface area is 150 Å². The number of rotatable bonds is 5. The Hall–Kier alpha value is -2.05. The topological polar surface area (TPSA) is 52.6 Å². The maximum absolute atomic E-state index is 12.4. The van der Waals surface area contributed by atoms with Crippen LogP contribution in [0.4, 0.5) is 11.4 Å². The van der Waals surface area contributed by atoms with Gasteiger partial charge in [0, 0.05) is 37.6 Å². The lowest BCUT2D eigenvalue weighted by Crippen LogP contribution is -2.46. The second-order valence-electron chi connectivity index (χ2n) is 6.39. The minimum atomic E-state index is -3.55. The van der Waals surface area contributed by atoms with Gasteiger partial charge in [0.2, 0.25) is 0 Å². The molecule has 0 saturated carbocycles. The Morgan fingerprint density at radius 3 is 2.08 bits per heavy atom. The lowest BCUT2D eigenvalue weighted by atomic mass is 10.2. The number of nitrogens with zero attached hydrogens (tertiary/aromatic N) is 2. The predicted octanol–water partition coefficient (Wildman–Crippen LogP) is 2.94. The van der Waals surface area contributed by atoms with E-state index in [4.69, 9.17) is 0 Å². The summed E-state index contributed by atoms with van der Waals surface area (Å²) in [5.74, 6) is 0. The average molecular weight is 359 g/mol. The lowest BCUT2D eigenvalue weighted by Gasteiger charge is -2.35. The number of nitrogens with one attached hydrogen (secondary N) is 1. The Morgan fingerprint density at radius 1 is 0.920 bits per heavy atom. The molecule has 0 bridgehead atoms. The number of aryl methyl sites for hydroxylation is 1. The van der Waals surface area contributed by atoms with E-state index < -0.39 is 10.0 Å². The van der Waals surface area contributed by atoms with Gasteiger partial charge in [-0.1, -0.05) is 24.6 Å². The fourth-order valence-electron chi connectivity index (χ4n) is 2.99. The number of anilines is 2. The molecule has 134 valence electrons. The number of hydrogen-bond acceptors (Lipinski definition) is 4. The standard InChI is InChI=1S/C19H25N3O2S/c1-3-21-12-14-22(15-13-21)18-8-6-17(7-9-18)20-25(23,24)19-10-4-16(2)5-11-19/h4-11,20H,3,12-15H2,1-2H3. The second-order valence-corrected chi connectivity index (χ2v) is 8.07. The summed E-state index contributed by atoms with van der Waals surface area (Å²) in [6.07, 6.45) is 0. The summed E-state index contributed by atoms with van der Waals surface area (Å²) in [6, 6.07) is 14.5. The summed E-state index contributed by atoms with van der Waals surface area (Å²) in [6.45, 7) is 9.35. The molecule has 6 heteroatoms. The fourth-order valence-corrected chi connectivity index (χ4v) is 4.05. The maximum Gasteiger partial charge on any atom is 0.261 e. The lowest BCUT2D eigenvalue weighted by molar-refractivity contribution is 0.271. The number of piperazine rings is 1. The monoisotopic (exact) mass is 359 g/mol. The average Bonchev–Trinajstić information content (AvgIpc) is 2.62.